The van der Waals surface area contributed by atoms with Crippen LogP contribution >= 0.6 is 11.6 Å². The highest BCUT2D eigenvalue weighted by atomic mass is 35.5. The molecule has 0 aromatic heterocycles. The van der Waals surface area contributed by atoms with Crippen LogP contribution in [0.1, 0.15) is 19.4 Å². The minimum atomic E-state index is -0.298. The molecule has 66 valence electrons. The average molecular weight is 187 g/mol. The Kier molecular flexibility index (Phi) is 2.73. The van der Waals surface area contributed by atoms with E-state index in [4.69, 9.17) is 11.6 Å². The van der Waals surface area contributed by atoms with E-state index in [-0.39, 0.29) is 10.7 Å². The Labute approximate surface area is 77.4 Å². The summed E-state index contributed by atoms with van der Waals surface area (Å²) < 4.78 is 12.7. The lowest BCUT2D eigenvalue weighted by Crippen LogP contribution is -2.13. The first kappa shape index (κ1) is 9.53. The highest BCUT2D eigenvalue weighted by molar-refractivity contribution is 6.23. The van der Waals surface area contributed by atoms with Gasteiger partial charge in [0.05, 0.1) is 0 Å². The Morgan fingerprint density at radius 3 is 2.58 bits per heavy atom. The van der Waals surface area contributed by atoms with E-state index in [2.05, 4.69) is 0 Å². The lowest BCUT2D eigenvalue weighted by molar-refractivity contribution is 0.620. The Bertz CT molecular complexity index is 263. The van der Waals surface area contributed by atoms with Crippen LogP contribution in [0.3, 0.4) is 0 Å². The number of hydrogen-bond acceptors (Lipinski definition) is 0. The molecule has 0 radical (unpaired) electrons. The quantitative estimate of drug-likeness (QED) is 0.622. The van der Waals surface area contributed by atoms with Gasteiger partial charge < -0.3 is 0 Å². The molecule has 12 heavy (non-hydrogen) atoms. The predicted molar refractivity (Wildman–Crippen MR) is 50.0 cm³/mol. The molecule has 0 aliphatic carbocycles. The van der Waals surface area contributed by atoms with Crippen molar-refractivity contribution in [1.82, 2.24) is 0 Å². The van der Waals surface area contributed by atoms with Gasteiger partial charge in [0.2, 0.25) is 0 Å². The Balaban J connectivity index is 2.77. The van der Waals surface area contributed by atoms with Crippen LogP contribution in [0.25, 0.3) is 0 Å². The maximum absolute atomic E-state index is 12.7. The Morgan fingerprint density at radius 2 is 2.08 bits per heavy atom. The second-order valence-electron chi connectivity index (χ2n) is 3.53. The molecular weight excluding hydrogens is 175 g/mol. The molecule has 0 unspecified atom stereocenters. The van der Waals surface area contributed by atoms with Crippen LogP contribution in [-0.4, -0.2) is 4.87 Å². The van der Waals surface area contributed by atoms with Crippen LogP contribution in [0, 0.1) is 5.82 Å². The van der Waals surface area contributed by atoms with Crippen molar-refractivity contribution < 1.29 is 4.39 Å². The van der Waals surface area contributed by atoms with E-state index in [0.717, 1.165) is 5.56 Å². The number of halogens is 2. The number of alkyl halides is 1. The largest absolute Gasteiger partial charge is 0.207 e. The monoisotopic (exact) mass is 186 g/mol. The summed E-state index contributed by atoms with van der Waals surface area (Å²) in [5.41, 5.74) is 0.940. The highest BCUT2D eigenvalue weighted by Gasteiger charge is 2.13. The number of rotatable bonds is 2. The summed E-state index contributed by atoms with van der Waals surface area (Å²) in [7, 11) is 0. The molecule has 0 saturated carbocycles. The third-order valence-electron chi connectivity index (χ3n) is 1.51. The van der Waals surface area contributed by atoms with E-state index < -0.39 is 0 Å². The lowest BCUT2D eigenvalue weighted by atomic mass is 10.0. The zero-order valence-corrected chi connectivity index (χ0v) is 8.03. The molecule has 0 nitrogen and oxygen atoms in total. The van der Waals surface area contributed by atoms with Gasteiger partial charge in [0.25, 0.3) is 0 Å². The second-order valence-corrected chi connectivity index (χ2v) is 4.55. The van der Waals surface area contributed by atoms with Crippen LogP contribution < -0.4 is 0 Å². The molecule has 0 amide bonds. The lowest BCUT2D eigenvalue weighted by Gasteiger charge is -2.14. The van der Waals surface area contributed by atoms with E-state index in [1.807, 2.05) is 19.9 Å². The molecular formula is C10H12ClF. The van der Waals surface area contributed by atoms with Crippen molar-refractivity contribution in [3.8, 4) is 0 Å². The van der Waals surface area contributed by atoms with Gasteiger partial charge >= 0.3 is 0 Å². The summed E-state index contributed by atoms with van der Waals surface area (Å²) in [5, 5.41) is 0. The van der Waals surface area contributed by atoms with Gasteiger partial charge in [-0.25, -0.2) is 4.39 Å². The van der Waals surface area contributed by atoms with E-state index >= 15 is 0 Å². The SMILES string of the molecule is CC(C)(Cl)Cc1cccc(F)c1. The van der Waals surface area contributed by atoms with Crippen molar-refractivity contribution in [3.63, 3.8) is 0 Å². The first-order chi connectivity index (χ1) is 5.47. The molecule has 0 N–H and O–H groups in total. The molecule has 0 spiro atoms. The number of hydrogen-bond donors (Lipinski definition) is 0. The molecule has 0 saturated heterocycles. The van der Waals surface area contributed by atoms with E-state index in [0.29, 0.717) is 6.42 Å². The molecule has 0 bridgehead atoms. The van der Waals surface area contributed by atoms with Crippen LogP contribution in [-0.2, 0) is 6.42 Å². The number of benzene rings is 1. The Morgan fingerprint density at radius 1 is 1.42 bits per heavy atom. The minimum Gasteiger partial charge on any atom is -0.207 e. The van der Waals surface area contributed by atoms with Gasteiger partial charge in [-0.05, 0) is 38.0 Å². The van der Waals surface area contributed by atoms with Crippen molar-refractivity contribution in [2.45, 2.75) is 25.1 Å². The standard InChI is InChI=1S/C10H12ClF/c1-10(2,11)7-8-4-3-5-9(12)6-8/h3-6H,7H2,1-2H3. The van der Waals surface area contributed by atoms with Crippen molar-refractivity contribution in [3.05, 3.63) is 35.6 Å². The van der Waals surface area contributed by atoms with Crippen LogP contribution in [0.15, 0.2) is 24.3 Å². The molecule has 0 atom stereocenters. The average Bonchev–Trinajstić information content (AvgIpc) is 1.82. The van der Waals surface area contributed by atoms with E-state index in [1.165, 1.54) is 12.1 Å². The van der Waals surface area contributed by atoms with Crippen LogP contribution in [0.2, 0.25) is 0 Å². The Hall–Kier alpha value is -0.560. The fourth-order valence-electron chi connectivity index (χ4n) is 1.13. The third kappa shape index (κ3) is 3.22. The molecule has 1 aromatic rings. The topological polar surface area (TPSA) is 0 Å². The zero-order chi connectivity index (χ0) is 9.19. The zero-order valence-electron chi connectivity index (χ0n) is 7.27. The fourth-order valence-corrected chi connectivity index (χ4v) is 1.29. The summed E-state index contributed by atoms with van der Waals surface area (Å²) >= 11 is 6.00. The van der Waals surface area contributed by atoms with E-state index in [9.17, 15) is 4.39 Å². The molecule has 0 aliphatic rings. The van der Waals surface area contributed by atoms with Gasteiger partial charge in [-0.1, -0.05) is 12.1 Å². The summed E-state index contributed by atoms with van der Waals surface area (Å²) in [6.45, 7) is 3.83. The highest BCUT2D eigenvalue weighted by Crippen LogP contribution is 2.19. The van der Waals surface area contributed by atoms with E-state index in [1.54, 1.807) is 6.07 Å². The van der Waals surface area contributed by atoms with Crippen molar-refractivity contribution in [1.29, 1.82) is 0 Å². The second kappa shape index (κ2) is 3.44. The summed E-state index contributed by atoms with van der Waals surface area (Å²) in [5.74, 6) is -0.201. The summed E-state index contributed by atoms with van der Waals surface area (Å²) in [4.78, 5) is -0.298. The van der Waals surface area contributed by atoms with Crippen molar-refractivity contribution >= 4 is 11.6 Å². The maximum Gasteiger partial charge on any atom is 0.123 e. The van der Waals surface area contributed by atoms with Gasteiger partial charge in [0.15, 0.2) is 0 Å². The van der Waals surface area contributed by atoms with Crippen molar-refractivity contribution in [2.75, 3.05) is 0 Å². The molecule has 0 fully saturated rings. The summed E-state index contributed by atoms with van der Waals surface area (Å²) in [6, 6.07) is 6.54. The molecule has 1 rings (SSSR count). The fraction of sp³-hybridized carbons (Fsp3) is 0.400. The maximum atomic E-state index is 12.7. The molecule has 0 aliphatic heterocycles. The van der Waals surface area contributed by atoms with Gasteiger partial charge in [0.1, 0.15) is 5.82 Å². The van der Waals surface area contributed by atoms with Crippen LogP contribution in [0.5, 0.6) is 0 Å². The molecule has 0 heterocycles. The summed E-state index contributed by atoms with van der Waals surface area (Å²) in [6.07, 6.45) is 0.687. The molecule has 2 heteroatoms. The predicted octanol–water partition coefficient (Wildman–Crippen LogP) is 3.39. The first-order valence-electron chi connectivity index (χ1n) is 3.91. The van der Waals surface area contributed by atoms with Crippen molar-refractivity contribution in [2.24, 2.45) is 0 Å². The third-order valence-corrected chi connectivity index (χ3v) is 1.65. The van der Waals surface area contributed by atoms with Gasteiger partial charge in [-0.2, -0.15) is 0 Å². The van der Waals surface area contributed by atoms with Gasteiger partial charge in [-0.3, -0.25) is 0 Å². The van der Waals surface area contributed by atoms with Gasteiger partial charge in [0, 0.05) is 4.87 Å². The molecule has 1 aromatic carbocycles. The normalized spacial score (nSPS) is 11.7. The van der Waals surface area contributed by atoms with Crippen LogP contribution in [0.4, 0.5) is 4.39 Å². The first-order valence-corrected chi connectivity index (χ1v) is 4.28. The minimum absolute atomic E-state index is 0.201. The smallest absolute Gasteiger partial charge is 0.123 e. The van der Waals surface area contributed by atoms with Gasteiger partial charge in [-0.15, -0.1) is 11.6 Å².